The monoisotopic (exact) mass is 221 g/mol. The Kier molecular flexibility index (Phi) is 2.39. The van der Waals surface area contributed by atoms with Gasteiger partial charge in [-0.1, -0.05) is 6.08 Å². The average molecular weight is 221 g/mol. The maximum atomic E-state index is 11.6. The van der Waals surface area contributed by atoms with E-state index in [4.69, 9.17) is 0 Å². The summed E-state index contributed by atoms with van der Waals surface area (Å²) < 4.78 is 2.53. The maximum Gasteiger partial charge on any atom is 0.376 e. The lowest BCUT2D eigenvalue weighted by Crippen LogP contribution is -2.24. The second-order valence-corrected chi connectivity index (χ2v) is 3.36. The number of aromatic nitrogens is 6. The van der Waals surface area contributed by atoms with Gasteiger partial charge in [0.25, 0.3) is 5.78 Å². The van der Waals surface area contributed by atoms with E-state index in [1.54, 1.807) is 25.1 Å². The fourth-order valence-electron chi connectivity index (χ4n) is 1.19. The number of hydrogen-bond donors (Lipinski definition) is 0. The molecule has 0 unspecified atom stereocenters. The smallest absolute Gasteiger partial charge is 0.347 e. The Bertz CT molecular complexity index is 582. The zero-order valence-electron chi connectivity index (χ0n) is 9.03. The summed E-state index contributed by atoms with van der Waals surface area (Å²) in [7, 11) is 3.51. The molecule has 0 aliphatic rings. The van der Waals surface area contributed by atoms with Gasteiger partial charge in [0.15, 0.2) is 0 Å². The Hall–Kier alpha value is -2.25. The van der Waals surface area contributed by atoms with Crippen LogP contribution in [0.4, 0.5) is 5.95 Å². The van der Waals surface area contributed by atoms with Crippen LogP contribution in [-0.4, -0.2) is 43.7 Å². The third-order valence-corrected chi connectivity index (χ3v) is 1.94. The molecule has 0 radical (unpaired) electrons. The predicted octanol–water partition coefficient (Wildman–Crippen LogP) is -1.07. The highest BCUT2D eigenvalue weighted by Gasteiger charge is 2.10. The van der Waals surface area contributed by atoms with Gasteiger partial charge in [-0.25, -0.2) is 9.48 Å². The maximum absolute atomic E-state index is 11.6. The number of anilines is 1. The normalized spacial score (nSPS) is 10.6. The minimum absolute atomic E-state index is 0.331. The van der Waals surface area contributed by atoms with E-state index >= 15 is 0 Å². The van der Waals surface area contributed by atoms with E-state index in [1.807, 2.05) is 0 Å². The summed E-state index contributed by atoms with van der Waals surface area (Å²) in [6.45, 7) is 4.03. The highest BCUT2D eigenvalue weighted by atomic mass is 16.1. The van der Waals surface area contributed by atoms with Gasteiger partial charge in [0.05, 0.1) is 6.54 Å². The number of rotatable bonds is 3. The molecule has 0 saturated carbocycles. The minimum atomic E-state index is -0.496. The van der Waals surface area contributed by atoms with Gasteiger partial charge in [-0.05, 0) is 10.4 Å². The highest BCUT2D eigenvalue weighted by molar-refractivity contribution is 5.35. The summed E-state index contributed by atoms with van der Waals surface area (Å²) in [5.74, 6) is 0.682. The van der Waals surface area contributed by atoms with E-state index in [9.17, 15) is 4.79 Å². The topological polar surface area (TPSA) is 81.2 Å². The third kappa shape index (κ3) is 1.53. The Morgan fingerprint density at radius 2 is 2.12 bits per heavy atom. The highest BCUT2D eigenvalue weighted by Crippen LogP contribution is 2.01. The fraction of sp³-hybridized carbons (Fsp3) is 0.375. The molecule has 0 N–H and O–H groups in total. The molecule has 2 aromatic rings. The summed E-state index contributed by atoms with van der Waals surface area (Å²) in [6, 6.07) is 0. The lowest BCUT2D eigenvalue weighted by Gasteiger charge is -2.08. The average Bonchev–Trinajstić information content (AvgIpc) is 2.63. The van der Waals surface area contributed by atoms with Gasteiger partial charge in [-0.2, -0.15) is 9.97 Å². The Balaban J connectivity index is 2.71. The fourth-order valence-corrected chi connectivity index (χ4v) is 1.19. The molecule has 0 aromatic carbocycles. The first-order chi connectivity index (χ1) is 7.63. The molecular weight excluding hydrogens is 210 g/mol. The molecule has 16 heavy (non-hydrogen) atoms. The molecule has 2 aromatic heterocycles. The molecular formula is C8H11N7O. The van der Waals surface area contributed by atoms with E-state index in [-0.39, 0.29) is 0 Å². The zero-order valence-corrected chi connectivity index (χ0v) is 9.03. The minimum Gasteiger partial charge on any atom is -0.347 e. The third-order valence-electron chi connectivity index (χ3n) is 1.94. The van der Waals surface area contributed by atoms with Crippen molar-refractivity contribution in [3.05, 3.63) is 23.1 Å². The summed E-state index contributed by atoms with van der Waals surface area (Å²) in [6.07, 6.45) is 1.65. The summed E-state index contributed by atoms with van der Waals surface area (Å²) in [4.78, 5) is 21.1. The van der Waals surface area contributed by atoms with Crippen molar-refractivity contribution in [2.75, 3.05) is 19.0 Å². The van der Waals surface area contributed by atoms with Crippen LogP contribution >= 0.6 is 0 Å². The van der Waals surface area contributed by atoms with Crippen LogP contribution in [0.5, 0.6) is 0 Å². The summed E-state index contributed by atoms with van der Waals surface area (Å²) >= 11 is 0. The van der Waals surface area contributed by atoms with E-state index in [0.717, 1.165) is 4.52 Å². The van der Waals surface area contributed by atoms with Crippen LogP contribution in [0.2, 0.25) is 0 Å². The first-order valence-corrected chi connectivity index (χ1v) is 4.62. The van der Waals surface area contributed by atoms with Crippen molar-refractivity contribution in [3.63, 3.8) is 0 Å². The zero-order chi connectivity index (χ0) is 11.7. The van der Waals surface area contributed by atoms with Gasteiger partial charge < -0.3 is 4.90 Å². The van der Waals surface area contributed by atoms with Crippen LogP contribution in [0.1, 0.15) is 0 Å². The molecule has 84 valence electrons. The molecule has 0 aliphatic carbocycles. The van der Waals surface area contributed by atoms with Gasteiger partial charge >= 0.3 is 5.69 Å². The molecule has 0 amide bonds. The standard InChI is InChI=1S/C8H11N7O/c1-4-5-14-7-9-6(13(2)3)10-8(16)15(7)12-11-14/h4H,1,5H2,2-3H3. The largest absolute Gasteiger partial charge is 0.376 e. The van der Waals surface area contributed by atoms with Crippen molar-refractivity contribution >= 4 is 11.7 Å². The van der Waals surface area contributed by atoms with E-state index in [1.165, 1.54) is 4.68 Å². The van der Waals surface area contributed by atoms with Gasteiger partial charge in [-0.3, -0.25) is 0 Å². The molecule has 0 fully saturated rings. The lowest BCUT2D eigenvalue weighted by atomic mass is 10.6. The summed E-state index contributed by atoms with van der Waals surface area (Å²) in [5.41, 5.74) is -0.496. The van der Waals surface area contributed by atoms with Crippen molar-refractivity contribution in [2.24, 2.45) is 0 Å². The number of allylic oxidation sites excluding steroid dienone is 1. The molecule has 0 aliphatic heterocycles. The molecule has 8 nitrogen and oxygen atoms in total. The molecule has 0 atom stereocenters. The Labute approximate surface area is 90.8 Å². The second-order valence-electron chi connectivity index (χ2n) is 3.36. The number of fused-ring (bicyclic) bond motifs is 1. The van der Waals surface area contributed by atoms with Crippen LogP contribution < -0.4 is 10.6 Å². The first-order valence-electron chi connectivity index (χ1n) is 4.62. The van der Waals surface area contributed by atoms with Crippen LogP contribution in [0.3, 0.4) is 0 Å². The van der Waals surface area contributed by atoms with Crippen molar-refractivity contribution in [1.29, 1.82) is 0 Å². The van der Waals surface area contributed by atoms with Crippen LogP contribution in [0, 0.1) is 0 Å². The van der Waals surface area contributed by atoms with Gasteiger partial charge in [-0.15, -0.1) is 11.1 Å². The Morgan fingerprint density at radius 3 is 2.75 bits per heavy atom. The molecule has 2 rings (SSSR count). The van der Waals surface area contributed by atoms with Gasteiger partial charge in [0.1, 0.15) is 0 Å². The number of nitrogens with zero attached hydrogens (tertiary/aromatic N) is 7. The number of hydrogen-bond acceptors (Lipinski definition) is 6. The second kappa shape index (κ2) is 3.72. The van der Waals surface area contributed by atoms with Crippen molar-refractivity contribution < 1.29 is 0 Å². The van der Waals surface area contributed by atoms with Crippen LogP contribution in [0.25, 0.3) is 5.78 Å². The molecule has 8 heteroatoms. The predicted molar refractivity (Wildman–Crippen MR) is 57.4 cm³/mol. The molecule has 2 heterocycles. The number of tetrazole rings is 1. The quantitative estimate of drug-likeness (QED) is 0.614. The van der Waals surface area contributed by atoms with Crippen LogP contribution in [0.15, 0.2) is 17.4 Å². The molecule has 0 bridgehead atoms. The van der Waals surface area contributed by atoms with Crippen molar-refractivity contribution in [2.45, 2.75) is 6.54 Å². The van der Waals surface area contributed by atoms with E-state index < -0.39 is 5.69 Å². The van der Waals surface area contributed by atoms with Crippen molar-refractivity contribution in [1.82, 2.24) is 29.6 Å². The van der Waals surface area contributed by atoms with E-state index in [2.05, 4.69) is 27.0 Å². The van der Waals surface area contributed by atoms with Crippen LogP contribution in [-0.2, 0) is 6.54 Å². The van der Waals surface area contributed by atoms with Gasteiger partial charge in [0.2, 0.25) is 5.95 Å². The van der Waals surface area contributed by atoms with Crippen molar-refractivity contribution in [3.8, 4) is 0 Å². The molecule has 0 saturated heterocycles. The Morgan fingerprint density at radius 1 is 1.38 bits per heavy atom. The summed E-state index contributed by atoms with van der Waals surface area (Å²) in [5, 5.41) is 7.45. The molecule has 0 spiro atoms. The first kappa shape index (κ1) is 10.3. The lowest BCUT2D eigenvalue weighted by molar-refractivity contribution is 0.666. The van der Waals surface area contributed by atoms with Gasteiger partial charge in [0, 0.05) is 14.1 Å². The van der Waals surface area contributed by atoms with E-state index in [0.29, 0.717) is 18.3 Å². The SMILES string of the molecule is C=CCn1nnn2c(=O)nc(N(C)C)nc12.